The third-order valence-corrected chi connectivity index (χ3v) is 5.18. The molecule has 0 aliphatic carbocycles. The molecular formula is C14H15N3O3S. The number of H-pyrrole nitrogens is 1. The Kier molecular flexibility index (Phi) is 3.23. The van der Waals surface area contributed by atoms with Crippen LogP contribution in [0.5, 0.6) is 0 Å². The lowest BCUT2D eigenvalue weighted by Crippen LogP contribution is -2.26. The maximum absolute atomic E-state index is 12.7. The van der Waals surface area contributed by atoms with E-state index in [0.29, 0.717) is 16.6 Å². The molecule has 0 spiro atoms. The first-order valence-electron chi connectivity index (χ1n) is 6.32. The largest absolute Gasteiger partial charge is 0.472 e. The first-order chi connectivity index (χ1) is 9.98. The van der Waals surface area contributed by atoms with Crippen molar-refractivity contribution in [1.82, 2.24) is 9.29 Å². The molecule has 0 atom stereocenters. The first kappa shape index (κ1) is 13.7. The van der Waals surface area contributed by atoms with Crippen molar-refractivity contribution in [3.8, 4) is 0 Å². The van der Waals surface area contributed by atoms with Crippen LogP contribution < -0.4 is 5.73 Å². The molecule has 3 rings (SSSR count). The molecule has 0 saturated carbocycles. The summed E-state index contributed by atoms with van der Waals surface area (Å²) in [4.78, 5) is 3.18. The van der Waals surface area contributed by atoms with Crippen molar-refractivity contribution < 1.29 is 12.8 Å². The van der Waals surface area contributed by atoms with Crippen molar-refractivity contribution in [3.05, 3.63) is 48.6 Å². The van der Waals surface area contributed by atoms with Gasteiger partial charge in [0.15, 0.2) is 0 Å². The van der Waals surface area contributed by atoms with Crippen LogP contribution in [0.1, 0.15) is 5.56 Å². The summed E-state index contributed by atoms with van der Waals surface area (Å²) in [6.45, 7) is 0.250. The van der Waals surface area contributed by atoms with E-state index in [1.54, 1.807) is 31.3 Å². The number of nitrogens with one attached hydrogen (secondary N) is 1. The van der Waals surface area contributed by atoms with E-state index in [1.807, 2.05) is 0 Å². The van der Waals surface area contributed by atoms with Gasteiger partial charge < -0.3 is 15.1 Å². The van der Waals surface area contributed by atoms with Crippen molar-refractivity contribution in [1.29, 1.82) is 0 Å². The van der Waals surface area contributed by atoms with E-state index in [1.165, 1.54) is 23.0 Å². The number of aromatic amines is 1. The van der Waals surface area contributed by atoms with Crippen molar-refractivity contribution in [2.75, 3.05) is 12.8 Å². The Morgan fingerprint density at radius 1 is 1.33 bits per heavy atom. The van der Waals surface area contributed by atoms with E-state index in [2.05, 4.69) is 4.98 Å². The summed E-state index contributed by atoms with van der Waals surface area (Å²) in [5.41, 5.74) is 7.78. The molecule has 110 valence electrons. The molecule has 0 aliphatic heterocycles. The summed E-state index contributed by atoms with van der Waals surface area (Å²) in [6.07, 6.45) is 4.54. The minimum Gasteiger partial charge on any atom is -0.472 e. The normalized spacial score (nSPS) is 12.3. The van der Waals surface area contributed by atoms with E-state index in [4.69, 9.17) is 10.2 Å². The minimum atomic E-state index is -3.59. The number of hydrogen-bond donors (Lipinski definition) is 2. The van der Waals surface area contributed by atoms with Gasteiger partial charge in [-0.2, -0.15) is 4.31 Å². The molecule has 1 aromatic carbocycles. The second-order valence-electron chi connectivity index (χ2n) is 4.85. The standard InChI is InChI=1S/C14H15N3O3S/c1-17(8-10-4-5-20-9-10)21(18,19)14-7-16-13-6-11(15)2-3-12(13)14/h2-7,9,16H,8,15H2,1H3. The van der Waals surface area contributed by atoms with Gasteiger partial charge in [0.25, 0.3) is 0 Å². The number of rotatable bonds is 4. The monoisotopic (exact) mass is 305 g/mol. The molecule has 0 fully saturated rings. The van der Waals surface area contributed by atoms with E-state index < -0.39 is 10.0 Å². The van der Waals surface area contributed by atoms with Gasteiger partial charge in [0, 0.05) is 41.9 Å². The fraction of sp³-hybridized carbons (Fsp3) is 0.143. The second kappa shape index (κ2) is 4.94. The molecule has 3 aromatic rings. The Labute approximate surface area is 122 Å². The molecule has 3 N–H and O–H groups in total. The number of nitrogen functional groups attached to an aromatic ring is 1. The van der Waals surface area contributed by atoms with Crippen molar-refractivity contribution in [2.45, 2.75) is 11.4 Å². The Balaban J connectivity index is 2.00. The molecule has 0 saturated heterocycles. The number of nitrogens with two attached hydrogens (primary N) is 1. The Bertz CT molecular complexity index is 866. The highest BCUT2D eigenvalue weighted by molar-refractivity contribution is 7.89. The summed E-state index contributed by atoms with van der Waals surface area (Å²) >= 11 is 0. The van der Waals surface area contributed by atoms with Crippen molar-refractivity contribution >= 4 is 26.6 Å². The lowest BCUT2D eigenvalue weighted by atomic mass is 10.2. The van der Waals surface area contributed by atoms with Crippen molar-refractivity contribution in [3.63, 3.8) is 0 Å². The maximum atomic E-state index is 12.7. The van der Waals surface area contributed by atoms with Gasteiger partial charge >= 0.3 is 0 Å². The number of aromatic nitrogens is 1. The fourth-order valence-corrected chi connectivity index (χ4v) is 3.54. The zero-order valence-electron chi connectivity index (χ0n) is 11.4. The highest BCUT2D eigenvalue weighted by atomic mass is 32.2. The van der Waals surface area contributed by atoms with Gasteiger partial charge in [-0.1, -0.05) is 0 Å². The highest BCUT2D eigenvalue weighted by Gasteiger charge is 2.24. The first-order valence-corrected chi connectivity index (χ1v) is 7.76. The number of fused-ring (bicyclic) bond motifs is 1. The number of benzene rings is 1. The lowest BCUT2D eigenvalue weighted by molar-refractivity contribution is 0.464. The second-order valence-corrected chi connectivity index (χ2v) is 6.86. The van der Waals surface area contributed by atoms with Crippen molar-refractivity contribution in [2.24, 2.45) is 0 Å². The number of furan rings is 1. The summed E-state index contributed by atoms with van der Waals surface area (Å²) < 4.78 is 31.6. The van der Waals surface area contributed by atoms with E-state index in [9.17, 15) is 8.42 Å². The number of anilines is 1. The van der Waals surface area contributed by atoms with Crippen LogP contribution in [0.4, 0.5) is 5.69 Å². The van der Waals surface area contributed by atoms with E-state index >= 15 is 0 Å². The molecule has 7 heteroatoms. The van der Waals surface area contributed by atoms with Crippen LogP contribution in [0, 0.1) is 0 Å². The third-order valence-electron chi connectivity index (χ3n) is 3.34. The minimum absolute atomic E-state index is 0.239. The van der Waals surface area contributed by atoms with Crippen LogP contribution in [-0.2, 0) is 16.6 Å². The van der Waals surface area contributed by atoms with E-state index in [0.717, 1.165) is 5.56 Å². The quantitative estimate of drug-likeness (QED) is 0.722. The molecule has 0 amide bonds. The molecule has 0 unspecified atom stereocenters. The van der Waals surface area contributed by atoms with E-state index in [-0.39, 0.29) is 11.4 Å². The molecule has 0 aliphatic rings. The number of nitrogens with zero attached hydrogens (tertiary/aromatic N) is 1. The van der Waals surface area contributed by atoms with Gasteiger partial charge in [-0.25, -0.2) is 8.42 Å². The average molecular weight is 305 g/mol. The van der Waals surface area contributed by atoms with Gasteiger partial charge in [0.05, 0.1) is 12.5 Å². The van der Waals surface area contributed by atoms with Gasteiger partial charge in [-0.15, -0.1) is 0 Å². The molecule has 21 heavy (non-hydrogen) atoms. The molecule has 0 radical (unpaired) electrons. The van der Waals surface area contributed by atoms with Gasteiger partial charge in [0.1, 0.15) is 4.90 Å². The summed E-state index contributed by atoms with van der Waals surface area (Å²) in [7, 11) is -2.05. The zero-order chi connectivity index (χ0) is 15.0. The molecule has 2 heterocycles. The van der Waals surface area contributed by atoms with Gasteiger partial charge in [-0.05, 0) is 24.3 Å². The van der Waals surface area contributed by atoms with Crippen LogP contribution in [0.3, 0.4) is 0 Å². The summed E-state index contributed by atoms with van der Waals surface area (Å²) in [5.74, 6) is 0. The molecule has 0 bridgehead atoms. The number of sulfonamides is 1. The highest BCUT2D eigenvalue weighted by Crippen LogP contribution is 2.27. The Hall–Kier alpha value is -2.25. The predicted molar refractivity (Wildman–Crippen MR) is 80.1 cm³/mol. The number of hydrogen-bond acceptors (Lipinski definition) is 4. The van der Waals surface area contributed by atoms with Crippen LogP contribution >= 0.6 is 0 Å². The Morgan fingerprint density at radius 3 is 2.86 bits per heavy atom. The van der Waals surface area contributed by atoms with Gasteiger partial charge in [0.2, 0.25) is 10.0 Å². The van der Waals surface area contributed by atoms with Crippen LogP contribution in [0.25, 0.3) is 10.9 Å². The Morgan fingerprint density at radius 2 is 2.14 bits per heavy atom. The van der Waals surface area contributed by atoms with Gasteiger partial charge in [-0.3, -0.25) is 0 Å². The predicted octanol–water partition coefficient (Wildman–Crippen LogP) is 2.16. The SMILES string of the molecule is CN(Cc1ccoc1)S(=O)(=O)c1c[nH]c2cc(N)ccc12. The van der Waals surface area contributed by atoms with Crippen LogP contribution in [0.15, 0.2) is 52.3 Å². The molecule has 2 aromatic heterocycles. The summed E-state index contributed by atoms with van der Waals surface area (Å²) in [5, 5.41) is 0.628. The van der Waals surface area contributed by atoms with Crippen LogP contribution in [-0.4, -0.2) is 24.8 Å². The zero-order valence-corrected chi connectivity index (χ0v) is 12.2. The smallest absolute Gasteiger partial charge is 0.245 e. The topological polar surface area (TPSA) is 92.3 Å². The average Bonchev–Trinajstić information content (AvgIpc) is 3.07. The van der Waals surface area contributed by atoms with Crippen LogP contribution in [0.2, 0.25) is 0 Å². The molecular weight excluding hydrogens is 290 g/mol. The maximum Gasteiger partial charge on any atom is 0.245 e. The molecule has 6 nitrogen and oxygen atoms in total. The third kappa shape index (κ3) is 2.41. The summed E-state index contributed by atoms with van der Waals surface area (Å²) in [6, 6.07) is 6.84. The lowest BCUT2D eigenvalue weighted by Gasteiger charge is -2.15. The fourth-order valence-electron chi connectivity index (χ4n) is 2.22.